The van der Waals surface area contributed by atoms with Crippen LogP contribution in [0.15, 0.2) is 0 Å². The first-order chi connectivity index (χ1) is 5.83. The van der Waals surface area contributed by atoms with Gasteiger partial charge in [-0.3, -0.25) is 0 Å². The number of rotatable bonds is 4. The minimum absolute atomic E-state index is 0.172. The molecule has 0 aromatic carbocycles. The van der Waals surface area contributed by atoms with Crippen LogP contribution in [0.25, 0.3) is 0 Å². The number of hydrogen-bond donors (Lipinski definition) is 2. The molecule has 1 rings (SSSR count). The highest BCUT2D eigenvalue weighted by Gasteiger charge is 2.17. The van der Waals surface area contributed by atoms with Crippen LogP contribution < -0.4 is 10.4 Å². The summed E-state index contributed by atoms with van der Waals surface area (Å²) in [5.74, 6) is 0. The van der Waals surface area contributed by atoms with Crippen LogP contribution in [0.5, 0.6) is 0 Å². The highest BCUT2D eigenvalue weighted by atomic mass is 16.5. The van der Waals surface area contributed by atoms with Crippen LogP contribution in [0.4, 0.5) is 0 Å². The molecule has 0 aliphatic carbocycles. The van der Waals surface area contributed by atoms with E-state index in [1.165, 1.54) is 0 Å². The molecule has 1 aliphatic rings. The lowest BCUT2D eigenvalue weighted by Crippen LogP contribution is -3.10. The lowest BCUT2D eigenvalue weighted by atomic mass is 10.2. The van der Waals surface area contributed by atoms with Gasteiger partial charge >= 0.3 is 0 Å². The third-order valence-electron chi connectivity index (χ3n) is 2.08. The van der Waals surface area contributed by atoms with E-state index in [2.05, 4.69) is 12.2 Å². The van der Waals surface area contributed by atoms with Crippen LogP contribution in [0.3, 0.4) is 0 Å². The Hall–Kier alpha value is -0.160. The summed E-state index contributed by atoms with van der Waals surface area (Å²) in [6, 6.07) is 0. The molecule has 0 aromatic heterocycles. The molecule has 0 radical (unpaired) electrons. The third kappa shape index (κ3) is 3.49. The van der Waals surface area contributed by atoms with Gasteiger partial charge in [0.1, 0.15) is 19.2 Å². The molecule has 0 saturated carbocycles. The van der Waals surface area contributed by atoms with E-state index in [0.717, 1.165) is 19.5 Å². The monoisotopic (exact) mass is 174 g/mol. The average Bonchev–Trinajstić information content (AvgIpc) is 2.05. The molecule has 12 heavy (non-hydrogen) atoms. The summed E-state index contributed by atoms with van der Waals surface area (Å²) in [6.45, 7) is 5.86. The maximum atomic E-state index is 11.0. The molecule has 2 atom stereocenters. The summed E-state index contributed by atoms with van der Waals surface area (Å²) in [6.07, 6.45) is 1.13. The van der Waals surface area contributed by atoms with Crippen molar-refractivity contribution in [2.75, 3.05) is 32.8 Å². The van der Waals surface area contributed by atoms with Gasteiger partial charge in [0.05, 0.1) is 6.61 Å². The SMILES string of the molecule is CCNCCC1C[NH+]([O-])CCO1. The van der Waals surface area contributed by atoms with Gasteiger partial charge in [-0.15, -0.1) is 0 Å². The van der Waals surface area contributed by atoms with Gasteiger partial charge in [-0.05, 0) is 19.5 Å². The molecule has 2 unspecified atom stereocenters. The number of quaternary nitrogens is 1. The maximum absolute atomic E-state index is 11.0. The summed E-state index contributed by atoms with van der Waals surface area (Å²) in [4.78, 5) is 0. The number of morpholine rings is 1. The van der Waals surface area contributed by atoms with Gasteiger partial charge in [-0.25, -0.2) is 0 Å². The molecule has 1 saturated heterocycles. The van der Waals surface area contributed by atoms with Crippen molar-refractivity contribution in [2.45, 2.75) is 19.4 Å². The largest absolute Gasteiger partial charge is 0.634 e. The first-order valence-corrected chi connectivity index (χ1v) is 4.67. The molecule has 2 N–H and O–H groups in total. The number of hydrogen-bond acceptors (Lipinski definition) is 3. The van der Waals surface area contributed by atoms with E-state index in [0.29, 0.717) is 24.8 Å². The van der Waals surface area contributed by atoms with Crippen LogP contribution in [0, 0.1) is 5.21 Å². The highest BCUT2D eigenvalue weighted by Crippen LogP contribution is 1.96. The van der Waals surface area contributed by atoms with Gasteiger partial charge in [0.2, 0.25) is 0 Å². The Morgan fingerprint density at radius 2 is 2.50 bits per heavy atom. The van der Waals surface area contributed by atoms with Crippen molar-refractivity contribution in [1.29, 1.82) is 0 Å². The van der Waals surface area contributed by atoms with E-state index >= 15 is 0 Å². The third-order valence-corrected chi connectivity index (χ3v) is 2.08. The van der Waals surface area contributed by atoms with Crippen LogP contribution in [-0.2, 0) is 4.74 Å². The molecule has 72 valence electrons. The van der Waals surface area contributed by atoms with E-state index in [-0.39, 0.29) is 6.10 Å². The zero-order valence-electron chi connectivity index (χ0n) is 7.64. The fraction of sp³-hybridized carbons (Fsp3) is 1.00. The zero-order chi connectivity index (χ0) is 8.81. The Morgan fingerprint density at radius 1 is 1.67 bits per heavy atom. The van der Waals surface area contributed by atoms with Gasteiger partial charge in [-0.2, -0.15) is 0 Å². The van der Waals surface area contributed by atoms with E-state index in [4.69, 9.17) is 4.74 Å². The fourth-order valence-corrected chi connectivity index (χ4v) is 1.38. The Kier molecular flexibility index (Phi) is 4.53. The summed E-state index contributed by atoms with van der Waals surface area (Å²) in [7, 11) is 0. The quantitative estimate of drug-likeness (QED) is 0.414. The lowest BCUT2D eigenvalue weighted by molar-refractivity contribution is -0.861. The average molecular weight is 174 g/mol. The molecule has 4 heteroatoms. The van der Waals surface area contributed by atoms with Crippen molar-refractivity contribution in [3.63, 3.8) is 0 Å². The van der Waals surface area contributed by atoms with Crippen LogP contribution in [-0.4, -0.2) is 38.9 Å². The van der Waals surface area contributed by atoms with Crippen LogP contribution >= 0.6 is 0 Å². The first kappa shape index (κ1) is 9.92. The summed E-state index contributed by atoms with van der Waals surface area (Å²) >= 11 is 0. The Bertz CT molecular complexity index is 122. The van der Waals surface area contributed by atoms with Gasteiger partial charge in [0.25, 0.3) is 0 Å². The van der Waals surface area contributed by atoms with E-state index in [1.54, 1.807) is 0 Å². The van der Waals surface area contributed by atoms with Crippen molar-refractivity contribution in [3.05, 3.63) is 5.21 Å². The standard InChI is InChI=1S/C8H18N2O2/c1-2-9-4-3-8-7-10(11)5-6-12-8/h8-10H,2-7H2,1H3. The van der Waals surface area contributed by atoms with Crippen LogP contribution in [0.1, 0.15) is 13.3 Å². The number of nitrogens with one attached hydrogen (secondary N) is 2. The first-order valence-electron chi connectivity index (χ1n) is 4.67. The highest BCUT2D eigenvalue weighted by molar-refractivity contribution is 4.61. The normalized spacial score (nSPS) is 30.5. The second kappa shape index (κ2) is 5.48. The number of ether oxygens (including phenoxy) is 1. The minimum atomic E-state index is 0.172. The van der Waals surface area contributed by atoms with Crippen molar-refractivity contribution in [1.82, 2.24) is 5.32 Å². The molecule has 1 aliphatic heterocycles. The molecule has 1 heterocycles. The summed E-state index contributed by atoms with van der Waals surface area (Å²) in [5, 5.41) is 14.6. The topological polar surface area (TPSA) is 48.8 Å². The van der Waals surface area contributed by atoms with Gasteiger partial charge in [0, 0.05) is 0 Å². The van der Waals surface area contributed by atoms with Gasteiger partial charge < -0.3 is 20.3 Å². The molecular formula is C8H18N2O2. The molecule has 0 spiro atoms. The van der Waals surface area contributed by atoms with Crippen molar-refractivity contribution < 1.29 is 9.80 Å². The number of hydroxylamine groups is 2. The molecule has 0 amide bonds. The van der Waals surface area contributed by atoms with Gasteiger partial charge in [-0.1, -0.05) is 6.92 Å². The Labute approximate surface area is 73.5 Å². The van der Waals surface area contributed by atoms with Crippen molar-refractivity contribution >= 4 is 0 Å². The van der Waals surface area contributed by atoms with E-state index < -0.39 is 0 Å². The fourth-order valence-electron chi connectivity index (χ4n) is 1.38. The summed E-state index contributed by atoms with van der Waals surface area (Å²) < 4.78 is 5.43. The van der Waals surface area contributed by atoms with Crippen molar-refractivity contribution in [3.8, 4) is 0 Å². The van der Waals surface area contributed by atoms with Crippen LogP contribution in [0.2, 0.25) is 0 Å². The smallest absolute Gasteiger partial charge is 0.108 e. The second-order valence-corrected chi connectivity index (χ2v) is 3.13. The van der Waals surface area contributed by atoms with E-state index in [1.807, 2.05) is 0 Å². The van der Waals surface area contributed by atoms with E-state index in [9.17, 15) is 5.21 Å². The molecule has 0 bridgehead atoms. The zero-order valence-corrected chi connectivity index (χ0v) is 7.64. The minimum Gasteiger partial charge on any atom is -0.634 e. The summed E-state index contributed by atoms with van der Waals surface area (Å²) in [5.41, 5.74) is 0. The Balaban J connectivity index is 2.06. The predicted molar refractivity (Wildman–Crippen MR) is 47.0 cm³/mol. The molecule has 1 fully saturated rings. The van der Waals surface area contributed by atoms with Crippen molar-refractivity contribution in [2.24, 2.45) is 0 Å². The maximum Gasteiger partial charge on any atom is 0.108 e. The molecule has 0 aromatic rings. The second-order valence-electron chi connectivity index (χ2n) is 3.13. The van der Waals surface area contributed by atoms with Gasteiger partial charge in [0.15, 0.2) is 0 Å². The predicted octanol–water partition coefficient (Wildman–Crippen LogP) is -1.23. The Morgan fingerprint density at radius 3 is 3.17 bits per heavy atom. The lowest BCUT2D eigenvalue weighted by Gasteiger charge is -2.32. The molecule has 4 nitrogen and oxygen atoms in total. The molecular weight excluding hydrogens is 156 g/mol.